The zero-order chi connectivity index (χ0) is 22.3. The Morgan fingerprint density at radius 1 is 1.16 bits per heavy atom. The Balaban J connectivity index is 1.35. The second kappa shape index (κ2) is 10.3. The van der Waals surface area contributed by atoms with E-state index in [-0.39, 0.29) is 11.6 Å². The quantitative estimate of drug-likeness (QED) is 0.278. The summed E-state index contributed by atoms with van der Waals surface area (Å²) >= 11 is 0. The molecule has 170 valence electrons. The van der Waals surface area contributed by atoms with Gasteiger partial charge in [0.1, 0.15) is 5.76 Å². The molecular weight excluding hydrogens is 412 g/mol. The zero-order valence-corrected chi connectivity index (χ0v) is 17.9. The standard InChI is InChI=1S/C22H28N6O4/c29-21(25-18-5-6-18)16-26-9-11-27(12-10-26)22(24-15-20-2-1-13-32-20)23-14-17-3-7-19(8-4-17)28(30)31/h1-4,7-8,13,18H,5-6,9-12,14-16H2,(H,23,24)(H,25,29). The van der Waals surface area contributed by atoms with Gasteiger partial charge < -0.3 is 20.0 Å². The first kappa shape index (κ1) is 21.8. The lowest BCUT2D eigenvalue weighted by Gasteiger charge is -2.36. The second-order valence-corrected chi connectivity index (χ2v) is 8.10. The molecule has 0 spiro atoms. The van der Waals surface area contributed by atoms with Crippen molar-refractivity contribution in [2.24, 2.45) is 4.99 Å². The lowest BCUT2D eigenvalue weighted by molar-refractivity contribution is -0.384. The summed E-state index contributed by atoms with van der Waals surface area (Å²) in [5.41, 5.74) is 0.957. The van der Waals surface area contributed by atoms with Gasteiger partial charge in [-0.05, 0) is 30.5 Å². The predicted octanol–water partition coefficient (Wildman–Crippen LogP) is 1.73. The number of carbonyl (C=O) groups is 1. The van der Waals surface area contributed by atoms with Gasteiger partial charge in [-0.25, -0.2) is 4.99 Å². The van der Waals surface area contributed by atoms with Crippen LogP contribution in [0.5, 0.6) is 0 Å². The van der Waals surface area contributed by atoms with Gasteiger partial charge in [-0.2, -0.15) is 0 Å². The van der Waals surface area contributed by atoms with Gasteiger partial charge in [0.15, 0.2) is 5.96 Å². The number of piperazine rings is 1. The highest BCUT2D eigenvalue weighted by Crippen LogP contribution is 2.18. The smallest absolute Gasteiger partial charge is 0.269 e. The Morgan fingerprint density at radius 3 is 2.53 bits per heavy atom. The number of hydrogen-bond donors (Lipinski definition) is 2. The third-order valence-electron chi connectivity index (χ3n) is 5.54. The maximum Gasteiger partial charge on any atom is 0.269 e. The van der Waals surface area contributed by atoms with Crippen molar-refractivity contribution in [1.82, 2.24) is 20.4 Å². The molecule has 1 amide bonds. The van der Waals surface area contributed by atoms with Gasteiger partial charge in [0.05, 0.1) is 30.8 Å². The number of nitrogens with one attached hydrogen (secondary N) is 2. The zero-order valence-electron chi connectivity index (χ0n) is 17.9. The Bertz CT molecular complexity index is 932. The van der Waals surface area contributed by atoms with Crippen LogP contribution in [-0.2, 0) is 17.9 Å². The number of non-ortho nitro benzene ring substituents is 1. The third-order valence-corrected chi connectivity index (χ3v) is 5.54. The van der Waals surface area contributed by atoms with E-state index in [1.54, 1.807) is 18.4 Å². The molecule has 32 heavy (non-hydrogen) atoms. The fourth-order valence-electron chi connectivity index (χ4n) is 3.56. The summed E-state index contributed by atoms with van der Waals surface area (Å²) in [6, 6.07) is 10.6. The molecule has 10 heteroatoms. The molecule has 1 aliphatic carbocycles. The van der Waals surface area contributed by atoms with Crippen LogP contribution in [0.15, 0.2) is 52.1 Å². The van der Waals surface area contributed by atoms with E-state index < -0.39 is 4.92 Å². The van der Waals surface area contributed by atoms with Crippen LogP contribution in [0.4, 0.5) is 5.69 Å². The first-order valence-electron chi connectivity index (χ1n) is 10.9. The van der Waals surface area contributed by atoms with Crippen LogP contribution in [0.2, 0.25) is 0 Å². The topological polar surface area (TPSA) is 116 Å². The highest BCUT2D eigenvalue weighted by molar-refractivity contribution is 5.80. The van der Waals surface area contributed by atoms with Gasteiger partial charge in [-0.1, -0.05) is 12.1 Å². The van der Waals surface area contributed by atoms with Gasteiger partial charge in [-0.15, -0.1) is 0 Å². The van der Waals surface area contributed by atoms with Gasteiger partial charge in [-0.3, -0.25) is 19.8 Å². The van der Waals surface area contributed by atoms with Crippen molar-refractivity contribution in [2.45, 2.75) is 32.0 Å². The van der Waals surface area contributed by atoms with E-state index in [1.807, 2.05) is 12.1 Å². The number of hydrogen-bond acceptors (Lipinski definition) is 6. The Morgan fingerprint density at radius 2 is 1.91 bits per heavy atom. The van der Waals surface area contributed by atoms with Gasteiger partial charge in [0.25, 0.3) is 5.69 Å². The molecule has 1 aromatic heterocycles. The number of aliphatic imine (C=N–C) groups is 1. The van der Waals surface area contributed by atoms with Crippen molar-refractivity contribution in [2.75, 3.05) is 32.7 Å². The third kappa shape index (κ3) is 6.30. The number of nitrogens with zero attached hydrogens (tertiary/aromatic N) is 4. The Hall–Kier alpha value is -3.40. The van der Waals surface area contributed by atoms with Gasteiger partial charge in [0.2, 0.25) is 5.91 Å². The lowest BCUT2D eigenvalue weighted by atomic mass is 10.2. The largest absolute Gasteiger partial charge is 0.467 e. The summed E-state index contributed by atoms with van der Waals surface area (Å²) < 4.78 is 5.41. The first-order chi connectivity index (χ1) is 15.6. The molecule has 2 fully saturated rings. The molecule has 4 rings (SSSR count). The number of rotatable bonds is 8. The average molecular weight is 441 g/mol. The molecule has 2 N–H and O–H groups in total. The molecular formula is C22H28N6O4. The maximum absolute atomic E-state index is 12.1. The number of amides is 1. The van der Waals surface area contributed by atoms with Crippen molar-refractivity contribution in [3.8, 4) is 0 Å². The minimum absolute atomic E-state index is 0.0655. The number of guanidine groups is 1. The summed E-state index contributed by atoms with van der Waals surface area (Å²) in [6.45, 7) is 4.40. The Kier molecular flexibility index (Phi) is 7.00. The lowest BCUT2D eigenvalue weighted by Crippen LogP contribution is -2.54. The molecule has 0 atom stereocenters. The minimum atomic E-state index is -0.409. The molecule has 0 bridgehead atoms. The van der Waals surface area contributed by atoms with Gasteiger partial charge >= 0.3 is 0 Å². The molecule has 1 aliphatic heterocycles. The van der Waals surface area contributed by atoms with Crippen molar-refractivity contribution in [3.05, 3.63) is 64.1 Å². The van der Waals surface area contributed by atoms with E-state index in [2.05, 4.69) is 20.4 Å². The summed E-state index contributed by atoms with van der Waals surface area (Å²) in [7, 11) is 0. The van der Waals surface area contributed by atoms with E-state index in [9.17, 15) is 14.9 Å². The molecule has 0 radical (unpaired) electrons. The average Bonchev–Trinajstić information content (AvgIpc) is 3.44. The number of furan rings is 1. The fraction of sp³-hybridized carbons (Fsp3) is 0.455. The van der Waals surface area contributed by atoms with E-state index in [0.717, 1.165) is 56.3 Å². The molecule has 1 aromatic carbocycles. The Labute approximate surface area is 186 Å². The molecule has 2 aromatic rings. The summed E-state index contributed by atoms with van der Waals surface area (Å²) in [6.07, 6.45) is 3.82. The molecule has 1 saturated heterocycles. The van der Waals surface area contributed by atoms with Crippen LogP contribution in [0.3, 0.4) is 0 Å². The van der Waals surface area contributed by atoms with Crippen molar-refractivity contribution >= 4 is 17.6 Å². The number of nitro benzene ring substituents is 1. The van der Waals surface area contributed by atoms with Crippen LogP contribution in [-0.4, -0.2) is 65.4 Å². The van der Waals surface area contributed by atoms with Crippen molar-refractivity contribution < 1.29 is 14.1 Å². The molecule has 0 unspecified atom stereocenters. The number of nitro groups is 1. The van der Waals surface area contributed by atoms with E-state index in [4.69, 9.17) is 9.41 Å². The first-order valence-corrected chi connectivity index (χ1v) is 10.9. The fourth-order valence-corrected chi connectivity index (χ4v) is 3.56. The van der Waals surface area contributed by atoms with Crippen molar-refractivity contribution in [1.29, 1.82) is 0 Å². The highest BCUT2D eigenvalue weighted by atomic mass is 16.6. The molecule has 10 nitrogen and oxygen atoms in total. The molecule has 2 aliphatic rings. The van der Waals surface area contributed by atoms with Crippen LogP contribution < -0.4 is 10.6 Å². The van der Waals surface area contributed by atoms with Crippen LogP contribution in [0.25, 0.3) is 0 Å². The van der Waals surface area contributed by atoms with Gasteiger partial charge in [0, 0.05) is 44.4 Å². The monoisotopic (exact) mass is 440 g/mol. The van der Waals surface area contributed by atoms with E-state index >= 15 is 0 Å². The van der Waals surface area contributed by atoms with E-state index in [1.165, 1.54) is 12.1 Å². The van der Waals surface area contributed by atoms with Crippen LogP contribution in [0, 0.1) is 10.1 Å². The van der Waals surface area contributed by atoms with Crippen LogP contribution in [0.1, 0.15) is 24.2 Å². The predicted molar refractivity (Wildman–Crippen MR) is 119 cm³/mol. The SMILES string of the molecule is O=C(CN1CCN(C(=NCc2ccc([N+](=O)[O-])cc2)NCc2ccco2)CC1)NC1CC1. The molecule has 2 heterocycles. The number of benzene rings is 1. The molecule has 1 saturated carbocycles. The van der Waals surface area contributed by atoms with Crippen molar-refractivity contribution in [3.63, 3.8) is 0 Å². The second-order valence-electron chi connectivity index (χ2n) is 8.10. The summed E-state index contributed by atoms with van der Waals surface area (Å²) in [5, 5.41) is 17.3. The minimum Gasteiger partial charge on any atom is -0.467 e. The normalized spacial score (nSPS) is 17.2. The highest BCUT2D eigenvalue weighted by Gasteiger charge is 2.26. The van der Waals surface area contributed by atoms with Crippen LogP contribution >= 0.6 is 0 Å². The van der Waals surface area contributed by atoms with E-state index in [0.29, 0.717) is 25.7 Å². The summed E-state index contributed by atoms with van der Waals surface area (Å²) in [5.74, 6) is 1.66. The summed E-state index contributed by atoms with van der Waals surface area (Å²) in [4.78, 5) is 31.6. The maximum atomic E-state index is 12.1. The number of carbonyl (C=O) groups excluding carboxylic acids is 1.